The lowest BCUT2D eigenvalue weighted by atomic mass is 9.77. The number of nitrogens with zero attached hydrogens (tertiary/aromatic N) is 1. The number of aliphatic carboxylic acids is 1. The third-order valence-corrected chi connectivity index (χ3v) is 5.05. The van der Waals surface area contributed by atoms with E-state index in [9.17, 15) is 9.90 Å². The fraction of sp³-hybridized carbons (Fsp3) is 0.632. The molecule has 1 aromatic carbocycles. The average molecular weight is 303 g/mol. The van der Waals surface area contributed by atoms with Gasteiger partial charge in [-0.05, 0) is 68.7 Å². The molecular formula is C19H29NO2. The molecule has 0 aromatic heterocycles. The molecule has 122 valence electrons. The predicted octanol–water partition coefficient (Wildman–Crippen LogP) is 4.50. The molecule has 0 aliphatic carbocycles. The molecule has 0 spiro atoms. The van der Waals surface area contributed by atoms with Gasteiger partial charge in [0.15, 0.2) is 0 Å². The molecule has 2 rings (SSSR count). The highest BCUT2D eigenvalue weighted by Crippen LogP contribution is 2.46. The third kappa shape index (κ3) is 2.73. The van der Waals surface area contributed by atoms with Gasteiger partial charge in [0.25, 0.3) is 0 Å². The molecule has 2 atom stereocenters. The van der Waals surface area contributed by atoms with E-state index in [1.165, 1.54) is 16.7 Å². The van der Waals surface area contributed by atoms with E-state index in [2.05, 4.69) is 51.7 Å². The summed E-state index contributed by atoms with van der Waals surface area (Å²) in [5, 5.41) is 9.80. The highest BCUT2D eigenvalue weighted by molar-refractivity contribution is 5.80. The molecule has 0 amide bonds. The zero-order chi connectivity index (χ0) is 16.8. The van der Waals surface area contributed by atoms with Gasteiger partial charge in [0.2, 0.25) is 0 Å². The van der Waals surface area contributed by atoms with E-state index in [0.717, 1.165) is 12.1 Å². The number of rotatable bonds is 3. The third-order valence-electron chi connectivity index (χ3n) is 5.05. The van der Waals surface area contributed by atoms with Crippen LogP contribution in [0.3, 0.4) is 0 Å². The van der Waals surface area contributed by atoms with Gasteiger partial charge in [-0.2, -0.15) is 0 Å². The van der Waals surface area contributed by atoms with Crippen molar-refractivity contribution in [2.75, 3.05) is 4.90 Å². The molecule has 3 nitrogen and oxygen atoms in total. The summed E-state index contributed by atoms with van der Waals surface area (Å²) in [6.07, 6.45) is 0.971. The minimum Gasteiger partial charge on any atom is -0.480 e. The molecule has 1 N–H and O–H groups in total. The quantitative estimate of drug-likeness (QED) is 0.893. The number of fused-ring (bicyclic) bond motifs is 1. The number of anilines is 1. The van der Waals surface area contributed by atoms with Gasteiger partial charge in [0.1, 0.15) is 6.04 Å². The number of benzene rings is 1. The van der Waals surface area contributed by atoms with Crippen LogP contribution in [-0.2, 0) is 4.79 Å². The van der Waals surface area contributed by atoms with Gasteiger partial charge < -0.3 is 10.0 Å². The largest absolute Gasteiger partial charge is 0.480 e. The summed E-state index contributed by atoms with van der Waals surface area (Å²) in [5.41, 5.74) is 4.73. The van der Waals surface area contributed by atoms with Crippen molar-refractivity contribution in [3.8, 4) is 0 Å². The van der Waals surface area contributed by atoms with Gasteiger partial charge in [-0.3, -0.25) is 0 Å². The van der Waals surface area contributed by atoms with Gasteiger partial charge in [0.05, 0.1) is 0 Å². The summed E-state index contributed by atoms with van der Waals surface area (Å²) in [6.45, 7) is 14.8. The SMILES string of the molecule is Cc1cc2c(cc1C)N(C(C(=O)O)C(C)C)C(C)(C)CC2C. The Morgan fingerprint density at radius 2 is 1.82 bits per heavy atom. The lowest BCUT2D eigenvalue weighted by Gasteiger charge is -2.51. The minimum atomic E-state index is -0.734. The van der Waals surface area contributed by atoms with Crippen molar-refractivity contribution in [3.05, 3.63) is 28.8 Å². The number of aryl methyl sites for hydroxylation is 2. The zero-order valence-corrected chi connectivity index (χ0v) is 14.9. The monoisotopic (exact) mass is 303 g/mol. The highest BCUT2D eigenvalue weighted by atomic mass is 16.4. The fourth-order valence-corrected chi connectivity index (χ4v) is 3.93. The maximum atomic E-state index is 11.9. The number of hydrogen-bond donors (Lipinski definition) is 1. The lowest BCUT2D eigenvalue weighted by molar-refractivity contribution is -0.140. The highest BCUT2D eigenvalue weighted by Gasteiger charge is 2.43. The Bertz CT molecular complexity index is 589. The van der Waals surface area contributed by atoms with Crippen LogP contribution in [0.25, 0.3) is 0 Å². The minimum absolute atomic E-state index is 0.0552. The summed E-state index contributed by atoms with van der Waals surface area (Å²) in [7, 11) is 0. The van der Waals surface area contributed by atoms with Crippen LogP contribution in [-0.4, -0.2) is 22.7 Å². The number of carboxylic acid groups (broad SMARTS) is 1. The number of carbonyl (C=O) groups is 1. The maximum absolute atomic E-state index is 11.9. The molecule has 0 bridgehead atoms. The molecule has 3 heteroatoms. The second-order valence-corrected chi connectivity index (χ2v) is 7.81. The number of hydrogen-bond acceptors (Lipinski definition) is 2. The zero-order valence-electron chi connectivity index (χ0n) is 14.9. The summed E-state index contributed by atoms with van der Waals surface area (Å²) >= 11 is 0. The first-order valence-corrected chi connectivity index (χ1v) is 8.19. The molecule has 1 aromatic rings. The van der Waals surface area contributed by atoms with E-state index in [1.807, 2.05) is 13.8 Å². The Kier molecular flexibility index (Phi) is 4.29. The average Bonchev–Trinajstić information content (AvgIpc) is 2.35. The Hall–Kier alpha value is -1.51. The fourth-order valence-electron chi connectivity index (χ4n) is 3.93. The first-order valence-electron chi connectivity index (χ1n) is 8.19. The Morgan fingerprint density at radius 3 is 2.32 bits per heavy atom. The van der Waals surface area contributed by atoms with Gasteiger partial charge in [-0.25, -0.2) is 4.79 Å². The van der Waals surface area contributed by atoms with E-state index in [4.69, 9.17) is 0 Å². The van der Waals surface area contributed by atoms with Crippen LogP contribution < -0.4 is 4.90 Å². The molecule has 22 heavy (non-hydrogen) atoms. The smallest absolute Gasteiger partial charge is 0.326 e. The molecule has 0 fully saturated rings. The van der Waals surface area contributed by atoms with Crippen molar-refractivity contribution < 1.29 is 9.90 Å². The molecule has 1 aliphatic rings. The van der Waals surface area contributed by atoms with E-state index < -0.39 is 12.0 Å². The van der Waals surface area contributed by atoms with Crippen LogP contribution in [0, 0.1) is 19.8 Å². The summed E-state index contributed by atoms with van der Waals surface area (Å²) in [4.78, 5) is 14.1. The topological polar surface area (TPSA) is 40.5 Å². The van der Waals surface area contributed by atoms with Crippen molar-refractivity contribution in [3.63, 3.8) is 0 Å². The van der Waals surface area contributed by atoms with Crippen LogP contribution in [0.1, 0.15) is 63.6 Å². The van der Waals surface area contributed by atoms with Gasteiger partial charge in [0, 0.05) is 11.2 Å². The van der Waals surface area contributed by atoms with Crippen LogP contribution >= 0.6 is 0 Å². The van der Waals surface area contributed by atoms with Gasteiger partial charge >= 0.3 is 5.97 Å². The maximum Gasteiger partial charge on any atom is 0.326 e. The molecule has 0 radical (unpaired) electrons. The number of carboxylic acids is 1. The molecule has 1 aliphatic heterocycles. The van der Waals surface area contributed by atoms with Crippen LogP contribution in [0.15, 0.2) is 12.1 Å². The Labute approximate surface area is 134 Å². The van der Waals surface area contributed by atoms with Crippen LogP contribution in [0.5, 0.6) is 0 Å². The predicted molar refractivity (Wildman–Crippen MR) is 91.8 cm³/mol. The lowest BCUT2D eigenvalue weighted by Crippen LogP contribution is -2.58. The van der Waals surface area contributed by atoms with E-state index in [-0.39, 0.29) is 11.5 Å². The van der Waals surface area contributed by atoms with Crippen molar-refractivity contribution >= 4 is 11.7 Å². The molecule has 0 saturated heterocycles. The molecule has 0 saturated carbocycles. The Morgan fingerprint density at radius 1 is 1.27 bits per heavy atom. The molecular weight excluding hydrogens is 274 g/mol. The van der Waals surface area contributed by atoms with Gasteiger partial charge in [-0.15, -0.1) is 0 Å². The normalized spacial score (nSPS) is 21.6. The first kappa shape index (κ1) is 16.9. The van der Waals surface area contributed by atoms with Crippen molar-refractivity contribution in [2.45, 2.75) is 72.4 Å². The summed E-state index contributed by atoms with van der Waals surface area (Å²) in [5.74, 6) is -0.233. The standard InChI is InChI=1S/C19H29NO2/c1-11(2)17(18(21)22)20-16-9-13(4)12(3)8-15(16)14(5)10-19(20,6)7/h8-9,11,14,17H,10H2,1-7H3,(H,21,22). The van der Waals surface area contributed by atoms with Crippen molar-refractivity contribution in [1.82, 2.24) is 0 Å². The van der Waals surface area contributed by atoms with E-state index in [1.54, 1.807) is 0 Å². The first-order chi connectivity index (χ1) is 10.1. The molecule has 1 heterocycles. The van der Waals surface area contributed by atoms with Crippen LogP contribution in [0.4, 0.5) is 5.69 Å². The van der Waals surface area contributed by atoms with Crippen LogP contribution in [0.2, 0.25) is 0 Å². The Balaban J connectivity index is 2.69. The second kappa shape index (κ2) is 5.60. The van der Waals surface area contributed by atoms with Crippen molar-refractivity contribution in [1.29, 1.82) is 0 Å². The second-order valence-electron chi connectivity index (χ2n) is 7.81. The summed E-state index contributed by atoms with van der Waals surface area (Å²) in [6, 6.07) is 3.93. The summed E-state index contributed by atoms with van der Waals surface area (Å²) < 4.78 is 0. The van der Waals surface area contributed by atoms with Crippen molar-refractivity contribution in [2.24, 2.45) is 5.92 Å². The van der Waals surface area contributed by atoms with E-state index in [0.29, 0.717) is 5.92 Å². The molecule has 2 unspecified atom stereocenters. The van der Waals surface area contributed by atoms with E-state index >= 15 is 0 Å². The van der Waals surface area contributed by atoms with Gasteiger partial charge in [-0.1, -0.05) is 26.8 Å².